The van der Waals surface area contributed by atoms with Crippen LogP contribution in [0, 0.1) is 13.8 Å². The third-order valence-electron chi connectivity index (χ3n) is 6.64. The number of hydrogen-bond donors (Lipinski definition) is 3. The first-order valence-corrected chi connectivity index (χ1v) is 14.3. The first-order chi connectivity index (χ1) is 18.8. The Morgan fingerprint density at radius 1 is 0.950 bits per heavy atom. The van der Waals surface area contributed by atoms with E-state index in [2.05, 4.69) is 17.6 Å². The van der Waals surface area contributed by atoms with Crippen LogP contribution in [0.25, 0.3) is 0 Å². The Balaban J connectivity index is 2.44. The molecular weight excluding hydrogens is 506 g/mol. The Hall–Kier alpha value is -3.55. The average molecular weight is 554 g/mol. The number of phenols is 1. The Morgan fingerprint density at radius 2 is 1.60 bits per heavy atom. The average Bonchev–Trinajstić information content (AvgIpc) is 2.87. The number of para-hydroxylation sites is 1. The fraction of sp³-hybridized carbons (Fsp3) is 0.531. The molecule has 2 unspecified atom stereocenters. The second-order valence-corrected chi connectivity index (χ2v) is 11.4. The molecule has 0 bridgehead atoms. The number of phenolic OH excluding ortho intramolecular Hbond substituents is 1. The second kappa shape index (κ2) is 15.3. The molecule has 0 aliphatic heterocycles. The van der Waals surface area contributed by atoms with Crippen LogP contribution in [0.4, 0.5) is 10.5 Å². The summed E-state index contributed by atoms with van der Waals surface area (Å²) in [4.78, 5) is 41.9. The van der Waals surface area contributed by atoms with Gasteiger partial charge in [-0.1, -0.05) is 63.3 Å². The van der Waals surface area contributed by atoms with Crippen LogP contribution in [0.2, 0.25) is 0 Å². The van der Waals surface area contributed by atoms with Crippen molar-refractivity contribution in [1.82, 2.24) is 10.2 Å². The molecule has 0 radical (unpaired) electrons. The zero-order chi connectivity index (χ0) is 29.9. The van der Waals surface area contributed by atoms with E-state index in [0.717, 1.165) is 37.7 Å². The highest BCUT2D eigenvalue weighted by atomic mass is 16.6. The van der Waals surface area contributed by atoms with Gasteiger partial charge in [0, 0.05) is 12.2 Å². The summed E-state index contributed by atoms with van der Waals surface area (Å²) in [6.45, 7) is 13.0. The molecule has 2 aromatic carbocycles. The molecule has 0 aliphatic carbocycles. The standard InChI is InChI=1S/C32H47N3O5/c1-8-9-10-11-12-15-20-35(30(38)24(4)33-31(39)40-32(5,6)7)28(25-18-19-27(36)23(3)21-25)29(37)34-26-17-14-13-16-22(26)2/h13-14,16-19,21,24,28,36H,8-12,15,20H2,1-7H3,(H,33,39)(H,34,37). The van der Waals surface area contributed by atoms with Gasteiger partial charge in [0.25, 0.3) is 5.91 Å². The van der Waals surface area contributed by atoms with Gasteiger partial charge in [0.1, 0.15) is 23.4 Å². The van der Waals surface area contributed by atoms with Crippen LogP contribution in [0.3, 0.4) is 0 Å². The van der Waals surface area contributed by atoms with Gasteiger partial charge in [-0.2, -0.15) is 0 Å². The van der Waals surface area contributed by atoms with Gasteiger partial charge in [0.2, 0.25) is 5.91 Å². The number of rotatable bonds is 13. The van der Waals surface area contributed by atoms with E-state index in [4.69, 9.17) is 4.74 Å². The maximum Gasteiger partial charge on any atom is 0.408 e. The molecule has 2 rings (SSSR count). The van der Waals surface area contributed by atoms with Crippen molar-refractivity contribution in [2.24, 2.45) is 0 Å². The minimum atomic E-state index is -0.982. The summed E-state index contributed by atoms with van der Waals surface area (Å²) < 4.78 is 5.36. The topological polar surface area (TPSA) is 108 Å². The van der Waals surface area contributed by atoms with Crippen LogP contribution in [0.1, 0.15) is 95.9 Å². The monoisotopic (exact) mass is 553 g/mol. The molecular formula is C32H47N3O5. The van der Waals surface area contributed by atoms with Gasteiger partial charge in [0.05, 0.1) is 0 Å². The van der Waals surface area contributed by atoms with Crippen molar-refractivity contribution < 1.29 is 24.2 Å². The summed E-state index contributed by atoms with van der Waals surface area (Å²) in [5, 5.41) is 15.8. The molecule has 2 atom stereocenters. The van der Waals surface area contributed by atoms with Gasteiger partial charge in [0.15, 0.2) is 0 Å². The minimum Gasteiger partial charge on any atom is -0.508 e. The quantitative estimate of drug-likeness (QED) is 0.237. The number of nitrogens with zero attached hydrogens (tertiary/aromatic N) is 1. The van der Waals surface area contributed by atoms with Crippen LogP contribution in [0.15, 0.2) is 42.5 Å². The van der Waals surface area contributed by atoms with E-state index in [1.165, 1.54) is 6.07 Å². The summed E-state index contributed by atoms with van der Waals surface area (Å²) in [6.07, 6.45) is 5.38. The fourth-order valence-corrected chi connectivity index (χ4v) is 4.46. The van der Waals surface area contributed by atoms with Gasteiger partial charge in [-0.25, -0.2) is 4.79 Å². The summed E-state index contributed by atoms with van der Waals surface area (Å²) in [6, 6.07) is 10.5. The lowest BCUT2D eigenvalue weighted by atomic mass is 9.99. The van der Waals surface area contributed by atoms with Gasteiger partial charge in [-0.3, -0.25) is 9.59 Å². The van der Waals surface area contributed by atoms with Crippen LogP contribution < -0.4 is 10.6 Å². The molecule has 0 saturated carbocycles. The van der Waals surface area contributed by atoms with Crippen LogP contribution in [-0.2, 0) is 14.3 Å². The number of amides is 3. The van der Waals surface area contributed by atoms with Gasteiger partial charge >= 0.3 is 6.09 Å². The van der Waals surface area contributed by atoms with Crippen molar-refractivity contribution in [3.05, 3.63) is 59.2 Å². The molecule has 0 spiro atoms. The van der Waals surface area contributed by atoms with E-state index in [1.807, 2.05) is 31.2 Å². The van der Waals surface area contributed by atoms with Gasteiger partial charge in [-0.05, 0) is 82.9 Å². The zero-order valence-electron chi connectivity index (χ0n) is 25.2. The first kappa shape index (κ1) is 32.7. The molecule has 8 heteroatoms. The van der Waals surface area contributed by atoms with Gasteiger partial charge in [-0.15, -0.1) is 0 Å². The largest absolute Gasteiger partial charge is 0.508 e. The van der Waals surface area contributed by atoms with Gasteiger partial charge < -0.3 is 25.4 Å². The van der Waals surface area contributed by atoms with Crippen molar-refractivity contribution in [1.29, 1.82) is 0 Å². The molecule has 3 N–H and O–H groups in total. The first-order valence-electron chi connectivity index (χ1n) is 14.3. The van der Waals surface area contributed by atoms with Crippen LogP contribution >= 0.6 is 0 Å². The number of aryl methyl sites for hydroxylation is 2. The zero-order valence-corrected chi connectivity index (χ0v) is 25.2. The maximum absolute atomic E-state index is 13.9. The number of aromatic hydroxyl groups is 1. The molecule has 8 nitrogen and oxygen atoms in total. The molecule has 0 fully saturated rings. The number of alkyl carbamates (subject to hydrolysis) is 1. The SMILES string of the molecule is CCCCCCCCN(C(=O)C(C)NC(=O)OC(C)(C)C)C(C(=O)Nc1ccccc1C)c1ccc(O)c(C)c1. The number of benzene rings is 2. The van der Waals surface area contributed by atoms with E-state index in [9.17, 15) is 19.5 Å². The Morgan fingerprint density at radius 3 is 2.23 bits per heavy atom. The lowest BCUT2D eigenvalue weighted by molar-refractivity contribution is -0.140. The van der Waals surface area contributed by atoms with Crippen molar-refractivity contribution in [3.63, 3.8) is 0 Å². The molecule has 0 saturated heterocycles. The Bertz CT molecular complexity index is 1140. The summed E-state index contributed by atoms with van der Waals surface area (Å²) in [5.74, 6) is -0.658. The molecule has 2 aromatic rings. The number of unbranched alkanes of at least 4 members (excludes halogenated alkanes) is 5. The number of carbonyl (C=O) groups is 3. The van der Waals surface area contributed by atoms with Crippen molar-refractivity contribution >= 4 is 23.6 Å². The lowest BCUT2D eigenvalue weighted by Crippen LogP contribution is -2.51. The normalized spacial score (nSPS) is 12.8. The molecule has 3 amide bonds. The predicted octanol–water partition coefficient (Wildman–Crippen LogP) is 6.79. The molecule has 0 heterocycles. The molecule has 40 heavy (non-hydrogen) atoms. The number of ether oxygens (including phenoxy) is 1. The van der Waals surface area contributed by atoms with E-state index < -0.39 is 29.7 Å². The second-order valence-electron chi connectivity index (χ2n) is 11.4. The Labute approximate surface area is 239 Å². The maximum atomic E-state index is 13.9. The van der Waals surface area contributed by atoms with Crippen LogP contribution in [-0.4, -0.2) is 46.1 Å². The number of anilines is 1. The van der Waals surface area contributed by atoms with E-state index in [-0.39, 0.29) is 11.7 Å². The molecule has 0 aromatic heterocycles. The smallest absolute Gasteiger partial charge is 0.408 e. The fourth-order valence-electron chi connectivity index (χ4n) is 4.46. The molecule has 0 aliphatic rings. The van der Waals surface area contributed by atoms with Crippen molar-refractivity contribution in [2.75, 3.05) is 11.9 Å². The van der Waals surface area contributed by atoms with Crippen molar-refractivity contribution in [3.8, 4) is 5.75 Å². The third-order valence-corrected chi connectivity index (χ3v) is 6.64. The summed E-state index contributed by atoms with van der Waals surface area (Å²) >= 11 is 0. The number of nitrogens with one attached hydrogen (secondary N) is 2. The summed E-state index contributed by atoms with van der Waals surface area (Å²) in [5.41, 5.74) is 2.00. The third kappa shape index (κ3) is 10.2. The minimum absolute atomic E-state index is 0.107. The highest BCUT2D eigenvalue weighted by Crippen LogP contribution is 2.29. The summed E-state index contributed by atoms with van der Waals surface area (Å²) in [7, 11) is 0. The van der Waals surface area contributed by atoms with E-state index in [1.54, 1.807) is 51.7 Å². The number of carbonyl (C=O) groups excluding carboxylic acids is 3. The molecule has 220 valence electrons. The predicted molar refractivity (Wildman–Crippen MR) is 159 cm³/mol. The van der Waals surface area contributed by atoms with E-state index in [0.29, 0.717) is 29.8 Å². The Kier molecular flexibility index (Phi) is 12.5. The van der Waals surface area contributed by atoms with Crippen LogP contribution in [0.5, 0.6) is 5.75 Å². The highest BCUT2D eigenvalue weighted by Gasteiger charge is 2.35. The van der Waals surface area contributed by atoms with Crippen molar-refractivity contribution in [2.45, 2.75) is 105 Å². The highest BCUT2D eigenvalue weighted by molar-refractivity contribution is 5.99. The van der Waals surface area contributed by atoms with E-state index >= 15 is 0 Å². The lowest BCUT2D eigenvalue weighted by Gasteiger charge is -2.34. The number of hydrogen-bond acceptors (Lipinski definition) is 5.